The van der Waals surface area contributed by atoms with Crippen LogP contribution in [0.1, 0.15) is 25.7 Å². The van der Waals surface area contributed by atoms with Crippen LogP contribution in [-0.4, -0.2) is 37.7 Å². The maximum Gasteiger partial charge on any atom is 0.240 e. The van der Waals surface area contributed by atoms with Gasteiger partial charge in [0.05, 0.1) is 12.6 Å². The number of benzene rings is 1. The van der Waals surface area contributed by atoms with E-state index in [1.807, 2.05) is 18.2 Å². The average Bonchev–Trinajstić information content (AvgIpc) is 3.27. The Kier molecular flexibility index (Phi) is 6.99. The van der Waals surface area contributed by atoms with E-state index in [2.05, 4.69) is 16.3 Å². The summed E-state index contributed by atoms with van der Waals surface area (Å²) in [4.78, 5) is 14.4. The van der Waals surface area contributed by atoms with Crippen LogP contribution in [0.2, 0.25) is 0 Å². The summed E-state index contributed by atoms with van der Waals surface area (Å²) >= 11 is 0. The molecular formula is C16H25Cl2N3O2. The summed E-state index contributed by atoms with van der Waals surface area (Å²) in [6, 6.07) is 8.24. The van der Waals surface area contributed by atoms with Crippen molar-refractivity contribution < 1.29 is 9.53 Å². The van der Waals surface area contributed by atoms with Gasteiger partial charge in [-0.15, -0.1) is 24.8 Å². The maximum absolute atomic E-state index is 12.1. The van der Waals surface area contributed by atoms with E-state index in [0.717, 1.165) is 50.2 Å². The molecule has 1 saturated heterocycles. The molecule has 3 N–H and O–H groups in total. The molecule has 0 radical (unpaired) electrons. The monoisotopic (exact) mass is 361 g/mol. The number of halogens is 2. The lowest BCUT2D eigenvalue weighted by Gasteiger charge is -2.35. The van der Waals surface area contributed by atoms with Crippen molar-refractivity contribution in [2.45, 2.75) is 37.3 Å². The number of methoxy groups -OCH3 is 1. The number of hydrogen-bond donors (Lipinski definition) is 2. The fraction of sp³-hybridized carbons (Fsp3) is 0.562. The largest absolute Gasteiger partial charge is 0.497 e. The van der Waals surface area contributed by atoms with Crippen LogP contribution >= 0.6 is 24.8 Å². The van der Waals surface area contributed by atoms with Gasteiger partial charge in [0, 0.05) is 30.9 Å². The van der Waals surface area contributed by atoms with Crippen molar-refractivity contribution >= 4 is 36.4 Å². The summed E-state index contributed by atoms with van der Waals surface area (Å²) in [6.45, 7) is 1.84. The Balaban J connectivity index is 0.00000132. The normalized spacial score (nSPS) is 21.5. The molecule has 1 atom stereocenters. The first-order chi connectivity index (χ1) is 10.1. The van der Waals surface area contributed by atoms with Crippen LogP contribution in [0.3, 0.4) is 0 Å². The Morgan fingerprint density at radius 3 is 2.78 bits per heavy atom. The highest BCUT2D eigenvalue weighted by Gasteiger charge is 2.46. The van der Waals surface area contributed by atoms with Gasteiger partial charge in [-0.05, 0) is 37.8 Å². The number of hydrogen-bond acceptors (Lipinski definition) is 4. The molecule has 1 aromatic rings. The lowest BCUT2D eigenvalue weighted by Crippen LogP contribution is -2.53. The number of nitrogens with zero attached hydrogens (tertiary/aromatic N) is 1. The zero-order valence-electron chi connectivity index (χ0n) is 13.3. The fourth-order valence-electron chi connectivity index (χ4n) is 2.83. The van der Waals surface area contributed by atoms with Gasteiger partial charge in [-0.3, -0.25) is 4.79 Å². The van der Waals surface area contributed by atoms with Crippen LogP contribution in [0.5, 0.6) is 5.75 Å². The van der Waals surface area contributed by atoms with Gasteiger partial charge < -0.3 is 20.7 Å². The van der Waals surface area contributed by atoms with Crippen LogP contribution in [0.25, 0.3) is 0 Å². The second-order valence-corrected chi connectivity index (χ2v) is 6.12. The first kappa shape index (κ1) is 19.9. The van der Waals surface area contributed by atoms with E-state index in [0.29, 0.717) is 0 Å². The number of piperidine rings is 1. The Morgan fingerprint density at radius 1 is 1.39 bits per heavy atom. The van der Waals surface area contributed by atoms with E-state index in [1.54, 1.807) is 7.11 Å². The molecule has 7 heteroatoms. The average molecular weight is 362 g/mol. The SMILES string of the molecule is COc1cccc(N2CCCC(NC(=O)C3(N)CC3)C2)c1.Cl.Cl. The molecule has 1 unspecified atom stereocenters. The van der Waals surface area contributed by atoms with Gasteiger partial charge in [0.15, 0.2) is 0 Å². The first-order valence-electron chi connectivity index (χ1n) is 7.59. The van der Waals surface area contributed by atoms with Crippen LogP contribution in [0, 0.1) is 0 Å². The predicted molar refractivity (Wildman–Crippen MR) is 97.0 cm³/mol. The number of rotatable bonds is 4. The predicted octanol–water partition coefficient (Wildman–Crippen LogP) is 2.12. The topological polar surface area (TPSA) is 67.6 Å². The second kappa shape index (κ2) is 8.08. The number of carbonyl (C=O) groups is 1. The third kappa shape index (κ3) is 4.66. The third-order valence-electron chi connectivity index (χ3n) is 4.42. The molecule has 1 amide bonds. The summed E-state index contributed by atoms with van der Waals surface area (Å²) in [5.74, 6) is 0.873. The molecule has 2 fully saturated rings. The Bertz CT molecular complexity index is 538. The van der Waals surface area contributed by atoms with E-state index < -0.39 is 5.54 Å². The van der Waals surface area contributed by atoms with Crippen LogP contribution < -0.4 is 20.7 Å². The molecule has 1 heterocycles. The molecule has 1 aliphatic heterocycles. The summed E-state index contributed by atoms with van der Waals surface area (Å²) in [6.07, 6.45) is 3.71. The standard InChI is InChI=1S/C16H23N3O2.2ClH/c1-21-14-6-2-5-13(10-14)19-9-3-4-12(11-19)18-15(20)16(17)7-8-16;;/h2,5-6,10,12H,3-4,7-9,11,17H2,1H3,(H,18,20);2*1H. The highest BCUT2D eigenvalue weighted by molar-refractivity contribution is 5.89. The number of amides is 1. The highest BCUT2D eigenvalue weighted by Crippen LogP contribution is 2.32. The molecule has 5 nitrogen and oxygen atoms in total. The summed E-state index contributed by atoms with van der Waals surface area (Å²) in [5, 5.41) is 3.11. The van der Waals surface area contributed by atoms with Crippen molar-refractivity contribution in [3.63, 3.8) is 0 Å². The van der Waals surface area contributed by atoms with Crippen molar-refractivity contribution in [2.24, 2.45) is 5.73 Å². The molecule has 0 spiro atoms. The molecule has 2 aliphatic rings. The van der Waals surface area contributed by atoms with Crippen LogP contribution in [0.15, 0.2) is 24.3 Å². The van der Waals surface area contributed by atoms with Crippen LogP contribution in [-0.2, 0) is 4.79 Å². The minimum atomic E-state index is -0.585. The highest BCUT2D eigenvalue weighted by atomic mass is 35.5. The molecule has 0 aromatic heterocycles. The number of carbonyl (C=O) groups excluding carboxylic acids is 1. The molecule has 0 bridgehead atoms. The minimum absolute atomic E-state index is 0. The molecular weight excluding hydrogens is 337 g/mol. The van der Waals surface area contributed by atoms with E-state index in [9.17, 15) is 4.79 Å². The van der Waals surface area contributed by atoms with Crippen molar-refractivity contribution in [2.75, 3.05) is 25.1 Å². The number of nitrogens with two attached hydrogens (primary N) is 1. The van der Waals surface area contributed by atoms with Gasteiger partial charge in [-0.25, -0.2) is 0 Å². The van der Waals surface area contributed by atoms with Gasteiger partial charge in [0.25, 0.3) is 0 Å². The van der Waals surface area contributed by atoms with E-state index in [-0.39, 0.29) is 36.8 Å². The maximum atomic E-state index is 12.1. The first-order valence-corrected chi connectivity index (χ1v) is 7.59. The van der Waals surface area contributed by atoms with Gasteiger partial charge in [-0.2, -0.15) is 0 Å². The number of nitrogens with one attached hydrogen (secondary N) is 1. The Labute approximate surface area is 149 Å². The molecule has 1 aromatic carbocycles. The fourth-order valence-corrected chi connectivity index (χ4v) is 2.83. The molecule has 1 saturated carbocycles. The lowest BCUT2D eigenvalue weighted by atomic mass is 10.0. The van der Waals surface area contributed by atoms with Gasteiger partial charge >= 0.3 is 0 Å². The van der Waals surface area contributed by atoms with Crippen molar-refractivity contribution in [1.29, 1.82) is 0 Å². The summed E-state index contributed by atoms with van der Waals surface area (Å²) in [7, 11) is 1.68. The molecule has 130 valence electrons. The zero-order chi connectivity index (χ0) is 14.9. The van der Waals surface area contributed by atoms with E-state index >= 15 is 0 Å². The quantitative estimate of drug-likeness (QED) is 0.861. The minimum Gasteiger partial charge on any atom is -0.497 e. The van der Waals surface area contributed by atoms with Gasteiger partial charge in [-0.1, -0.05) is 6.07 Å². The molecule has 23 heavy (non-hydrogen) atoms. The number of ether oxygens (including phenoxy) is 1. The second-order valence-electron chi connectivity index (χ2n) is 6.12. The third-order valence-corrected chi connectivity index (χ3v) is 4.42. The number of anilines is 1. The Morgan fingerprint density at radius 2 is 2.13 bits per heavy atom. The smallest absolute Gasteiger partial charge is 0.240 e. The molecule has 3 rings (SSSR count). The van der Waals surface area contributed by atoms with E-state index in [1.165, 1.54) is 0 Å². The summed E-state index contributed by atoms with van der Waals surface area (Å²) < 4.78 is 5.28. The van der Waals surface area contributed by atoms with Gasteiger partial charge in [0.1, 0.15) is 5.75 Å². The molecule has 1 aliphatic carbocycles. The van der Waals surface area contributed by atoms with Crippen molar-refractivity contribution in [3.8, 4) is 5.75 Å². The Hall–Kier alpha value is -1.17. The zero-order valence-corrected chi connectivity index (χ0v) is 14.9. The van der Waals surface area contributed by atoms with Gasteiger partial charge in [0.2, 0.25) is 5.91 Å². The van der Waals surface area contributed by atoms with Crippen molar-refractivity contribution in [3.05, 3.63) is 24.3 Å². The summed E-state index contributed by atoms with van der Waals surface area (Å²) in [5.41, 5.74) is 6.50. The van der Waals surface area contributed by atoms with E-state index in [4.69, 9.17) is 10.5 Å². The van der Waals surface area contributed by atoms with Crippen LogP contribution in [0.4, 0.5) is 5.69 Å². The van der Waals surface area contributed by atoms with Crippen molar-refractivity contribution in [1.82, 2.24) is 5.32 Å². The lowest BCUT2D eigenvalue weighted by molar-refractivity contribution is -0.124.